The summed E-state index contributed by atoms with van der Waals surface area (Å²) in [5, 5.41) is 6.34. The summed E-state index contributed by atoms with van der Waals surface area (Å²) in [6.45, 7) is 3.38. The first-order valence-electron chi connectivity index (χ1n) is 12.5. The van der Waals surface area contributed by atoms with Crippen molar-refractivity contribution in [2.45, 2.75) is 83.2 Å². The average molecular weight is 458 g/mol. The second-order valence-corrected chi connectivity index (χ2v) is 9.34. The summed E-state index contributed by atoms with van der Waals surface area (Å²) in [6, 6.07) is 6.87. The molecule has 0 spiro atoms. The number of methoxy groups -OCH3 is 1. The van der Waals surface area contributed by atoms with Gasteiger partial charge < -0.3 is 20.3 Å². The van der Waals surface area contributed by atoms with Gasteiger partial charge >= 0.3 is 0 Å². The third-order valence-corrected chi connectivity index (χ3v) is 6.90. The second kappa shape index (κ2) is 12.6. The molecule has 2 N–H and O–H groups in total. The van der Waals surface area contributed by atoms with Crippen molar-refractivity contribution in [1.29, 1.82) is 0 Å². The van der Waals surface area contributed by atoms with E-state index in [0.29, 0.717) is 24.3 Å². The van der Waals surface area contributed by atoms with Crippen LogP contribution in [0.4, 0.5) is 0 Å². The Bertz CT molecular complexity index is 795. The molecule has 1 aliphatic carbocycles. The highest BCUT2D eigenvalue weighted by atomic mass is 16.5. The first-order chi connectivity index (χ1) is 16.0. The number of benzene rings is 1. The Kier molecular flexibility index (Phi) is 9.58. The molecule has 3 atom stereocenters. The molecule has 1 saturated carbocycles. The molecule has 1 heterocycles. The van der Waals surface area contributed by atoms with Gasteiger partial charge in [-0.25, -0.2) is 0 Å². The van der Waals surface area contributed by atoms with Crippen LogP contribution in [0.15, 0.2) is 24.3 Å². The lowest BCUT2D eigenvalue weighted by atomic mass is 9.88. The number of rotatable bonds is 9. The molecule has 1 aliphatic heterocycles. The van der Waals surface area contributed by atoms with Gasteiger partial charge in [0.2, 0.25) is 11.8 Å². The van der Waals surface area contributed by atoms with Gasteiger partial charge in [0, 0.05) is 37.2 Å². The number of likely N-dealkylation sites (tertiary alicyclic amines) is 1. The fourth-order valence-corrected chi connectivity index (χ4v) is 4.87. The Labute approximate surface area is 197 Å². The number of nitrogens with one attached hydrogen (secondary N) is 2. The lowest BCUT2D eigenvalue weighted by Gasteiger charge is -2.36. The number of carbonyl (C=O) groups excluding carboxylic acids is 3. The fraction of sp³-hybridized carbons (Fsp3) is 0.654. The number of hydrogen-bond acceptors (Lipinski definition) is 4. The van der Waals surface area contributed by atoms with E-state index in [1.165, 1.54) is 0 Å². The normalized spacial score (nSPS) is 23.0. The Morgan fingerprint density at radius 1 is 0.970 bits per heavy atom. The van der Waals surface area contributed by atoms with E-state index in [-0.39, 0.29) is 35.7 Å². The first-order valence-corrected chi connectivity index (χ1v) is 12.5. The number of ether oxygens (including phenoxy) is 1. The highest BCUT2D eigenvalue weighted by Crippen LogP contribution is 2.23. The molecule has 2 fully saturated rings. The van der Waals surface area contributed by atoms with Crippen molar-refractivity contribution in [3.05, 3.63) is 29.8 Å². The molecule has 1 aromatic carbocycles. The van der Waals surface area contributed by atoms with Crippen LogP contribution >= 0.6 is 0 Å². The summed E-state index contributed by atoms with van der Waals surface area (Å²) >= 11 is 0. The smallest absolute Gasteiger partial charge is 0.251 e. The van der Waals surface area contributed by atoms with Gasteiger partial charge in [-0.05, 0) is 56.4 Å². The molecule has 0 radical (unpaired) electrons. The van der Waals surface area contributed by atoms with E-state index in [9.17, 15) is 14.4 Å². The lowest BCUT2D eigenvalue weighted by molar-refractivity contribution is -0.136. The van der Waals surface area contributed by atoms with Gasteiger partial charge in [0.1, 0.15) is 5.75 Å². The Morgan fingerprint density at radius 2 is 1.67 bits per heavy atom. The maximum Gasteiger partial charge on any atom is 0.251 e. The van der Waals surface area contributed by atoms with Gasteiger partial charge in [0.25, 0.3) is 5.91 Å². The van der Waals surface area contributed by atoms with Crippen LogP contribution in [0.3, 0.4) is 0 Å². The predicted octanol–water partition coefficient (Wildman–Crippen LogP) is 3.67. The quantitative estimate of drug-likeness (QED) is 0.554. The van der Waals surface area contributed by atoms with E-state index in [4.69, 9.17) is 4.74 Å². The summed E-state index contributed by atoms with van der Waals surface area (Å²) in [6.07, 6.45) is 9.08. The second-order valence-electron chi connectivity index (χ2n) is 9.34. The topological polar surface area (TPSA) is 87.7 Å². The van der Waals surface area contributed by atoms with Gasteiger partial charge in [-0.3, -0.25) is 14.4 Å². The van der Waals surface area contributed by atoms with Crippen LogP contribution in [-0.4, -0.2) is 54.9 Å². The largest absolute Gasteiger partial charge is 0.497 e. The molecule has 1 aromatic rings. The number of carbonyl (C=O) groups is 3. The average Bonchev–Trinajstić information content (AvgIpc) is 2.85. The molecule has 0 bridgehead atoms. The molecule has 7 heteroatoms. The number of piperidine rings is 1. The van der Waals surface area contributed by atoms with Crippen molar-refractivity contribution < 1.29 is 19.1 Å². The van der Waals surface area contributed by atoms with Crippen LogP contribution in [0.2, 0.25) is 0 Å². The molecule has 7 nitrogen and oxygen atoms in total. The molecule has 2 aliphatic rings. The van der Waals surface area contributed by atoms with Crippen molar-refractivity contribution >= 4 is 17.7 Å². The van der Waals surface area contributed by atoms with Crippen LogP contribution in [0.25, 0.3) is 0 Å². The van der Waals surface area contributed by atoms with Gasteiger partial charge in [0.15, 0.2) is 0 Å². The Hall–Kier alpha value is -2.57. The number of hydrogen-bond donors (Lipinski definition) is 2. The molecule has 3 rings (SSSR count). The molecular weight excluding hydrogens is 418 g/mol. The number of unbranched alkanes of at least 4 members (excludes halogenated alkanes) is 2. The zero-order chi connectivity index (χ0) is 23.6. The summed E-state index contributed by atoms with van der Waals surface area (Å²) in [7, 11) is 1.60. The molecule has 33 heavy (non-hydrogen) atoms. The van der Waals surface area contributed by atoms with Crippen LogP contribution in [0.1, 0.15) is 81.5 Å². The van der Waals surface area contributed by atoms with Gasteiger partial charge in [-0.1, -0.05) is 32.6 Å². The molecular formula is C26H39N3O4. The van der Waals surface area contributed by atoms with Gasteiger partial charge in [-0.2, -0.15) is 0 Å². The fourth-order valence-electron chi connectivity index (χ4n) is 4.87. The first kappa shape index (κ1) is 25.1. The summed E-state index contributed by atoms with van der Waals surface area (Å²) in [5.41, 5.74) is 0.580. The molecule has 182 valence electrons. The van der Waals surface area contributed by atoms with Gasteiger partial charge in [0.05, 0.1) is 13.0 Å². The number of amides is 3. The van der Waals surface area contributed by atoms with E-state index in [0.717, 1.165) is 64.3 Å². The zero-order valence-electron chi connectivity index (χ0n) is 20.1. The lowest BCUT2D eigenvalue weighted by Crippen LogP contribution is -2.55. The van der Waals surface area contributed by atoms with Crippen LogP contribution in [0, 0.1) is 5.92 Å². The van der Waals surface area contributed by atoms with Crippen LogP contribution in [0.5, 0.6) is 5.75 Å². The van der Waals surface area contributed by atoms with E-state index in [1.807, 2.05) is 4.90 Å². The van der Waals surface area contributed by atoms with Crippen molar-refractivity contribution in [3.8, 4) is 5.75 Å². The maximum atomic E-state index is 13.1. The van der Waals surface area contributed by atoms with E-state index < -0.39 is 0 Å². The van der Waals surface area contributed by atoms with E-state index in [2.05, 4.69) is 17.6 Å². The van der Waals surface area contributed by atoms with Crippen molar-refractivity contribution in [2.24, 2.45) is 5.92 Å². The minimum atomic E-state index is -0.172. The summed E-state index contributed by atoms with van der Waals surface area (Å²) < 4.78 is 5.16. The third-order valence-electron chi connectivity index (χ3n) is 6.90. The van der Waals surface area contributed by atoms with Crippen molar-refractivity contribution in [3.63, 3.8) is 0 Å². The van der Waals surface area contributed by atoms with Crippen LogP contribution < -0.4 is 15.4 Å². The summed E-state index contributed by atoms with van der Waals surface area (Å²) in [5.74, 6) is 0.582. The monoisotopic (exact) mass is 457 g/mol. The summed E-state index contributed by atoms with van der Waals surface area (Å²) in [4.78, 5) is 40.2. The Morgan fingerprint density at radius 3 is 2.33 bits per heavy atom. The van der Waals surface area contributed by atoms with Crippen LogP contribution in [-0.2, 0) is 9.59 Å². The maximum absolute atomic E-state index is 13.1. The Balaban J connectivity index is 1.54. The molecule has 1 saturated heterocycles. The molecule has 0 aromatic heterocycles. The predicted molar refractivity (Wildman–Crippen MR) is 128 cm³/mol. The van der Waals surface area contributed by atoms with Gasteiger partial charge in [-0.15, -0.1) is 0 Å². The highest BCUT2D eigenvalue weighted by Gasteiger charge is 2.33. The zero-order valence-corrected chi connectivity index (χ0v) is 20.1. The molecule has 1 unspecified atom stereocenters. The standard InChI is InChI=1S/C26H39N3O4/c1-3-4-5-12-24(30)29-17-8-9-20(18-29)26(32)28-23-11-7-6-10-22(23)27-25(31)19-13-15-21(33-2)16-14-19/h13-16,20,22-23H,3-12,17-18H2,1-2H3,(H,27,31)(H,28,32)/t20?,22-,23-/m1/s1. The highest BCUT2D eigenvalue weighted by molar-refractivity contribution is 5.94. The van der Waals surface area contributed by atoms with E-state index in [1.54, 1.807) is 31.4 Å². The third kappa shape index (κ3) is 7.21. The minimum absolute atomic E-state index is 0.0108. The van der Waals surface area contributed by atoms with E-state index >= 15 is 0 Å². The number of nitrogens with zero attached hydrogens (tertiary/aromatic N) is 1. The SMILES string of the molecule is CCCCCC(=O)N1CCCC(C(=O)N[C@@H]2CCCC[C@H]2NC(=O)c2ccc(OC)cc2)C1. The minimum Gasteiger partial charge on any atom is -0.497 e. The van der Waals surface area contributed by atoms with Crippen molar-refractivity contribution in [2.75, 3.05) is 20.2 Å². The van der Waals surface area contributed by atoms with Crippen molar-refractivity contribution in [1.82, 2.24) is 15.5 Å². The molecule has 3 amide bonds.